The number of hydrogen-bond donors (Lipinski definition) is 5. The second-order valence-corrected chi connectivity index (χ2v) is 11.7. The maximum absolute atomic E-state index is 13.2. The molecule has 0 saturated carbocycles. The first kappa shape index (κ1) is 28.7. The van der Waals surface area contributed by atoms with Crippen molar-refractivity contribution in [2.24, 2.45) is 10.2 Å². The number of aliphatic hydroxyl groups is 1. The number of benzene rings is 5. The lowest BCUT2D eigenvalue weighted by Crippen LogP contribution is -2.50. The summed E-state index contributed by atoms with van der Waals surface area (Å²) in [5, 5.41) is 17.9. The molecule has 5 N–H and O–H groups in total. The van der Waals surface area contributed by atoms with Gasteiger partial charge in [-0.2, -0.15) is 27.0 Å². The molecule has 0 atom stereocenters. The highest BCUT2D eigenvalue weighted by Crippen LogP contribution is 2.30. The first-order chi connectivity index (χ1) is 19.9. The van der Waals surface area contributed by atoms with Crippen LogP contribution in [-0.4, -0.2) is 31.0 Å². The monoisotopic (exact) mass is 608 g/mol. The van der Waals surface area contributed by atoms with E-state index in [9.17, 15) is 40.6 Å². The van der Waals surface area contributed by atoms with Crippen molar-refractivity contribution in [2.75, 3.05) is 10.9 Å². The zero-order valence-electron chi connectivity index (χ0n) is 21.2. The second-order valence-electron chi connectivity index (χ2n) is 8.93. The molecule has 13 nitrogen and oxygen atoms in total. The average Bonchev–Trinajstić information content (AvgIpc) is 2.95. The van der Waals surface area contributed by atoms with Crippen LogP contribution in [0.15, 0.2) is 108 Å². The van der Waals surface area contributed by atoms with Gasteiger partial charge >= 0.3 is 0 Å². The van der Waals surface area contributed by atoms with Crippen LogP contribution in [0.4, 0.5) is 11.4 Å². The lowest BCUT2D eigenvalue weighted by Gasteiger charge is -2.09. The number of hydrogen-bond acceptors (Lipinski definition) is 11. The molecule has 0 aliphatic carbocycles. The number of aliphatic hydroxyl groups excluding tert-OH is 1. The van der Waals surface area contributed by atoms with Crippen molar-refractivity contribution in [2.45, 2.75) is 16.4 Å². The molecule has 0 bridgehead atoms. The molecule has 42 heavy (non-hydrogen) atoms. The normalized spacial score (nSPS) is 13.1. The summed E-state index contributed by atoms with van der Waals surface area (Å²) in [6, 6.07) is 18.5. The minimum Gasteiger partial charge on any atom is -0.392 e. The van der Waals surface area contributed by atoms with Crippen molar-refractivity contribution in [1.82, 2.24) is 0 Å². The Balaban J connectivity index is 1.62. The standard InChI is InChI=1S/C27H20N4O9S2/c32-14-15-13-22(30-28-20-9-11-23(41(35,36)37)18-7-3-1-5-16(18)20)27(34)25(26(15)33)31-29-21-10-12-24(42(38,39)40)19-8-4-2-6-17(19)21/h1-13,28-29,32H,14H2,(H,35,36,37)(H,38,39,40)/b30-22-,31-25-. The number of nitrogens with one attached hydrogen (secondary N) is 2. The predicted octanol–water partition coefficient (Wildman–Crippen LogP) is 1.43. The lowest BCUT2D eigenvalue weighted by molar-refractivity contribution is 0.280. The van der Waals surface area contributed by atoms with Gasteiger partial charge in [0.25, 0.3) is 20.2 Å². The van der Waals surface area contributed by atoms with Gasteiger partial charge in [-0.25, -0.2) is 0 Å². The highest BCUT2D eigenvalue weighted by atomic mass is 32.2. The summed E-state index contributed by atoms with van der Waals surface area (Å²) in [6.45, 7) is -0.734. The minimum atomic E-state index is -4.54. The van der Waals surface area contributed by atoms with E-state index in [1.54, 1.807) is 36.4 Å². The van der Waals surface area contributed by atoms with Gasteiger partial charge in [-0.05, 0) is 30.3 Å². The van der Waals surface area contributed by atoms with E-state index in [-0.39, 0.29) is 42.9 Å². The van der Waals surface area contributed by atoms with Crippen LogP contribution in [0, 0.1) is 0 Å². The van der Waals surface area contributed by atoms with Gasteiger partial charge in [0.2, 0.25) is 10.9 Å². The van der Waals surface area contributed by atoms with Crippen molar-refractivity contribution in [3.8, 4) is 0 Å². The van der Waals surface area contributed by atoms with E-state index >= 15 is 0 Å². The van der Waals surface area contributed by atoms with Crippen molar-refractivity contribution in [3.63, 3.8) is 0 Å². The Morgan fingerprint density at radius 1 is 0.619 bits per heavy atom. The molecule has 0 heterocycles. The van der Waals surface area contributed by atoms with Crippen LogP contribution in [0.25, 0.3) is 21.5 Å². The molecule has 5 rings (SSSR count). The van der Waals surface area contributed by atoms with Crippen molar-refractivity contribution in [1.29, 1.82) is 0 Å². The SMILES string of the molecule is O=c1c(CO)c/c(=N/Nc2ccc(S(=O)(=O)O)c3ccccc23)c(=O)/c1=N\Nc1ccc(S(=O)(=O)O)c2ccccc12. The van der Waals surface area contributed by atoms with Crippen LogP contribution < -0.4 is 32.4 Å². The van der Waals surface area contributed by atoms with Gasteiger partial charge in [0, 0.05) is 27.1 Å². The summed E-state index contributed by atoms with van der Waals surface area (Å²) in [7, 11) is -9.07. The van der Waals surface area contributed by atoms with Gasteiger partial charge in [0.05, 0.1) is 18.0 Å². The first-order valence-electron chi connectivity index (χ1n) is 12.0. The highest BCUT2D eigenvalue weighted by Gasteiger charge is 2.17. The van der Waals surface area contributed by atoms with Gasteiger partial charge in [-0.15, -0.1) is 0 Å². The molecular formula is C27H20N4O9S2. The van der Waals surface area contributed by atoms with Crippen molar-refractivity contribution in [3.05, 3.63) is 116 Å². The van der Waals surface area contributed by atoms with Crippen LogP contribution in [0.5, 0.6) is 0 Å². The number of nitrogens with zero attached hydrogens (tertiary/aromatic N) is 2. The third-order valence-electron chi connectivity index (χ3n) is 6.34. The summed E-state index contributed by atoms with van der Waals surface area (Å²) >= 11 is 0. The Morgan fingerprint density at radius 2 is 1.07 bits per heavy atom. The maximum atomic E-state index is 13.2. The van der Waals surface area contributed by atoms with Crippen LogP contribution >= 0.6 is 0 Å². The highest BCUT2D eigenvalue weighted by molar-refractivity contribution is 7.86. The van der Waals surface area contributed by atoms with Crippen LogP contribution in [0.2, 0.25) is 0 Å². The Bertz CT molecular complexity index is 2350. The number of rotatable bonds is 7. The van der Waals surface area contributed by atoms with E-state index in [0.717, 1.165) is 18.2 Å². The Hall–Kier alpha value is -4.80. The molecule has 0 radical (unpaired) electrons. The zero-order chi connectivity index (χ0) is 30.2. The molecule has 0 fully saturated rings. The third kappa shape index (κ3) is 5.41. The molecular weight excluding hydrogens is 588 g/mol. The fourth-order valence-electron chi connectivity index (χ4n) is 4.40. The van der Waals surface area contributed by atoms with E-state index < -0.39 is 43.1 Å². The van der Waals surface area contributed by atoms with E-state index in [2.05, 4.69) is 21.1 Å². The van der Waals surface area contributed by atoms with Crippen LogP contribution in [0.1, 0.15) is 5.56 Å². The summed E-state index contributed by atoms with van der Waals surface area (Å²) in [5.74, 6) is 0. The van der Waals surface area contributed by atoms with E-state index in [1.807, 2.05) is 0 Å². The Morgan fingerprint density at radius 3 is 1.52 bits per heavy atom. The molecule has 5 aromatic carbocycles. The topological polar surface area (TPSA) is 212 Å². The number of fused-ring (bicyclic) bond motifs is 2. The van der Waals surface area contributed by atoms with Crippen molar-refractivity contribution >= 4 is 53.2 Å². The van der Waals surface area contributed by atoms with Gasteiger partial charge in [0.15, 0.2) is 5.36 Å². The molecule has 15 heteroatoms. The summed E-state index contributed by atoms with van der Waals surface area (Å²) < 4.78 is 66.2. The average molecular weight is 609 g/mol. The van der Waals surface area contributed by atoms with E-state index in [0.29, 0.717) is 10.8 Å². The molecule has 0 unspecified atom stereocenters. The van der Waals surface area contributed by atoms with Gasteiger partial charge in [0.1, 0.15) is 15.1 Å². The van der Waals surface area contributed by atoms with Crippen molar-refractivity contribution < 1.29 is 31.0 Å². The molecule has 0 aromatic heterocycles. The predicted molar refractivity (Wildman–Crippen MR) is 153 cm³/mol. The fraction of sp³-hybridized carbons (Fsp3) is 0.0370. The molecule has 0 amide bonds. The van der Waals surface area contributed by atoms with Crippen LogP contribution in [0.3, 0.4) is 0 Å². The first-order valence-corrected chi connectivity index (χ1v) is 14.8. The van der Waals surface area contributed by atoms with Gasteiger partial charge < -0.3 is 5.11 Å². The third-order valence-corrected chi connectivity index (χ3v) is 8.17. The number of anilines is 2. The summed E-state index contributed by atoms with van der Waals surface area (Å²) in [6.07, 6.45) is 0. The zero-order valence-corrected chi connectivity index (χ0v) is 22.8. The minimum absolute atomic E-state index is 0.168. The van der Waals surface area contributed by atoms with Gasteiger partial charge in [-0.3, -0.25) is 29.5 Å². The summed E-state index contributed by atoms with van der Waals surface area (Å²) in [5.41, 5.74) is 3.78. The lowest BCUT2D eigenvalue weighted by atomic mass is 10.1. The molecule has 0 aliphatic rings. The maximum Gasteiger partial charge on any atom is 0.295 e. The largest absolute Gasteiger partial charge is 0.392 e. The summed E-state index contributed by atoms with van der Waals surface area (Å²) in [4.78, 5) is 25.4. The molecule has 0 aliphatic heterocycles. The van der Waals surface area contributed by atoms with E-state index in [4.69, 9.17) is 0 Å². The van der Waals surface area contributed by atoms with Crippen LogP contribution in [-0.2, 0) is 26.8 Å². The Kier molecular flexibility index (Phi) is 7.44. The fourth-order valence-corrected chi connectivity index (χ4v) is 5.79. The second kappa shape index (κ2) is 10.9. The van der Waals surface area contributed by atoms with E-state index in [1.165, 1.54) is 24.3 Å². The smallest absolute Gasteiger partial charge is 0.295 e. The molecule has 0 saturated heterocycles. The Labute approximate surface area is 236 Å². The van der Waals surface area contributed by atoms with Gasteiger partial charge in [-0.1, -0.05) is 48.5 Å². The quantitative estimate of drug-likeness (QED) is 0.132. The molecule has 214 valence electrons. The molecule has 0 spiro atoms. The molecule has 5 aromatic rings.